The van der Waals surface area contributed by atoms with Gasteiger partial charge >= 0.3 is 0 Å². The molecule has 104 valence electrons. The van der Waals surface area contributed by atoms with Crippen molar-refractivity contribution in [3.63, 3.8) is 0 Å². The van der Waals surface area contributed by atoms with Crippen LogP contribution in [0, 0.1) is 0 Å². The van der Waals surface area contributed by atoms with Gasteiger partial charge in [0.15, 0.2) is 0 Å². The molecule has 19 heavy (non-hydrogen) atoms. The van der Waals surface area contributed by atoms with E-state index >= 15 is 0 Å². The van der Waals surface area contributed by atoms with E-state index in [4.69, 9.17) is 17.3 Å². The largest absolute Gasteiger partial charge is 0.334 e. The maximum atomic E-state index is 12.4. The predicted octanol–water partition coefficient (Wildman–Crippen LogP) is 2.96. The Balaban J connectivity index is 2.04. The third kappa shape index (κ3) is 3.95. The second-order valence-corrected chi connectivity index (χ2v) is 5.66. The highest BCUT2D eigenvalue weighted by Crippen LogP contribution is 2.29. The first-order chi connectivity index (χ1) is 9.11. The van der Waals surface area contributed by atoms with Crippen LogP contribution >= 0.6 is 11.6 Å². The number of halogens is 1. The highest BCUT2D eigenvalue weighted by Gasteiger charge is 2.34. The fourth-order valence-electron chi connectivity index (χ4n) is 2.21. The van der Waals surface area contributed by atoms with Crippen molar-refractivity contribution in [2.24, 2.45) is 5.73 Å². The summed E-state index contributed by atoms with van der Waals surface area (Å²) in [7, 11) is 0. The fourth-order valence-corrected chi connectivity index (χ4v) is 2.33. The molecule has 0 aliphatic heterocycles. The molecule has 1 amide bonds. The summed E-state index contributed by atoms with van der Waals surface area (Å²) in [5.74, 6) is 0.0827. The standard InChI is InChI=1S/C15H21ClN2O/c1-2-3-14(17)15(19)18(13-8-9-13)10-11-4-6-12(16)7-5-11/h4-7,13-14H,2-3,8-10,17H2,1H3. The van der Waals surface area contributed by atoms with Crippen molar-refractivity contribution in [1.82, 2.24) is 4.90 Å². The Hall–Kier alpha value is -1.06. The van der Waals surface area contributed by atoms with Crippen LogP contribution in [-0.4, -0.2) is 22.9 Å². The summed E-state index contributed by atoms with van der Waals surface area (Å²) in [4.78, 5) is 14.3. The second kappa shape index (κ2) is 6.40. The Morgan fingerprint density at radius 3 is 2.58 bits per heavy atom. The summed E-state index contributed by atoms with van der Waals surface area (Å²) in [6.07, 6.45) is 3.88. The van der Waals surface area contributed by atoms with Crippen LogP contribution in [0.3, 0.4) is 0 Å². The molecule has 2 N–H and O–H groups in total. The second-order valence-electron chi connectivity index (χ2n) is 5.22. The minimum Gasteiger partial charge on any atom is -0.334 e. The minimum absolute atomic E-state index is 0.0827. The number of carbonyl (C=O) groups excluding carboxylic acids is 1. The molecular formula is C15H21ClN2O. The van der Waals surface area contributed by atoms with Gasteiger partial charge in [-0.25, -0.2) is 0 Å². The molecular weight excluding hydrogens is 260 g/mol. The molecule has 1 fully saturated rings. The smallest absolute Gasteiger partial charge is 0.240 e. The summed E-state index contributed by atoms with van der Waals surface area (Å²) in [6, 6.07) is 7.67. The van der Waals surface area contributed by atoms with Crippen LogP contribution in [0.25, 0.3) is 0 Å². The summed E-state index contributed by atoms with van der Waals surface area (Å²) in [5.41, 5.74) is 7.06. The van der Waals surface area contributed by atoms with Crippen molar-refractivity contribution in [2.75, 3.05) is 0 Å². The zero-order valence-electron chi connectivity index (χ0n) is 11.3. The van der Waals surface area contributed by atoms with Gasteiger partial charge < -0.3 is 10.6 Å². The molecule has 1 aliphatic rings. The van der Waals surface area contributed by atoms with Crippen LogP contribution < -0.4 is 5.73 Å². The van der Waals surface area contributed by atoms with Crippen LogP contribution in [0.15, 0.2) is 24.3 Å². The quantitative estimate of drug-likeness (QED) is 0.871. The van der Waals surface area contributed by atoms with E-state index in [0.717, 1.165) is 36.3 Å². The SMILES string of the molecule is CCCC(N)C(=O)N(Cc1ccc(Cl)cc1)C1CC1. The number of hydrogen-bond donors (Lipinski definition) is 1. The zero-order chi connectivity index (χ0) is 13.8. The third-order valence-corrected chi connectivity index (χ3v) is 3.71. The zero-order valence-corrected chi connectivity index (χ0v) is 12.1. The summed E-state index contributed by atoms with van der Waals surface area (Å²) < 4.78 is 0. The molecule has 0 aromatic heterocycles. The van der Waals surface area contributed by atoms with Crippen molar-refractivity contribution < 1.29 is 4.79 Å². The van der Waals surface area contributed by atoms with Gasteiger partial charge in [-0.1, -0.05) is 37.1 Å². The van der Waals surface area contributed by atoms with Crippen molar-refractivity contribution in [1.29, 1.82) is 0 Å². The van der Waals surface area contributed by atoms with Gasteiger partial charge in [-0.3, -0.25) is 4.79 Å². The summed E-state index contributed by atoms with van der Waals surface area (Å²) in [6.45, 7) is 2.69. The number of hydrogen-bond acceptors (Lipinski definition) is 2. The number of nitrogens with two attached hydrogens (primary N) is 1. The van der Waals surface area contributed by atoms with Gasteiger partial charge in [0.1, 0.15) is 0 Å². The number of rotatable bonds is 6. The van der Waals surface area contributed by atoms with Crippen LogP contribution in [0.1, 0.15) is 38.2 Å². The first kappa shape index (κ1) is 14.4. The molecule has 0 bridgehead atoms. The van der Waals surface area contributed by atoms with E-state index in [1.165, 1.54) is 0 Å². The third-order valence-electron chi connectivity index (χ3n) is 3.45. The van der Waals surface area contributed by atoms with E-state index in [1.807, 2.05) is 36.1 Å². The van der Waals surface area contributed by atoms with Crippen LogP contribution in [0.2, 0.25) is 5.02 Å². The number of benzene rings is 1. The Kier molecular flexibility index (Phi) is 4.83. The summed E-state index contributed by atoms with van der Waals surface area (Å²) >= 11 is 5.88. The van der Waals surface area contributed by atoms with Crippen molar-refractivity contribution >= 4 is 17.5 Å². The average molecular weight is 281 g/mol. The van der Waals surface area contributed by atoms with Crippen LogP contribution in [0.4, 0.5) is 0 Å². The highest BCUT2D eigenvalue weighted by atomic mass is 35.5. The lowest BCUT2D eigenvalue weighted by atomic mass is 10.1. The first-order valence-electron chi connectivity index (χ1n) is 6.92. The normalized spacial score (nSPS) is 16.2. The monoisotopic (exact) mass is 280 g/mol. The minimum atomic E-state index is -0.363. The molecule has 1 aliphatic carbocycles. The van der Waals surface area contributed by atoms with E-state index in [0.29, 0.717) is 12.6 Å². The number of carbonyl (C=O) groups is 1. The molecule has 4 heteroatoms. The van der Waals surface area contributed by atoms with Gasteiger partial charge in [0.2, 0.25) is 5.91 Å². The molecule has 0 saturated heterocycles. The lowest BCUT2D eigenvalue weighted by molar-refractivity contribution is -0.134. The van der Waals surface area contributed by atoms with E-state index in [2.05, 4.69) is 0 Å². The topological polar surface area (TPSA) is 46.3 Å². The van der Waals surface area contributed by atoms with E-state index in [1.54, 1.807) is 0 Å². The van der Waals surface area contributed by atoms with Crippen molar-refractivity contribution in [3.8, 4) is 0 Å². The first-order valence-corrected chi connectivity index (χ1v) is 7.30. The molecule has 0 heterocycles. The Labute approximate surface area is 119 Å². The van der Waals surface area contributed by atoms with Gasteiger partial charge in [0.05, 0.1) is 6.04 Å². The predicted molar refractivity (Wildman–Crippen MR) is 77.9 cm³/mol. The van der Waals surface area contributed by atoms with Gasteiger partial charge in [-0.15, -0.1) is 0 Å². The Bertz CT molecular complexity index is 428. The van der Waals surface area contributed by atoms with Crippen LogP contribution in [-0.2, 0) is 11.3 Å². The molecule has 1 unspecified atom stereocenters. The van der Waals surface area contributed by atoms with Gasteiger partial charge in [-0.2, -0.15) is 0 Å². The van der Waals surface area contributed by atoms with E-state index in [-0.39, 0.29) is 11.9 Å². The van der Waals surface area contributed by atoms with Gasteiger partial charge in [0, 0.05) is 17.6 Å². The van der Waals surface area contributed by atoms with Crippen LogP contribution in [0.5, 0.6) is 0 Å². The molecule has 0 spiro atoms. The van der Waals surface area contributed by atoms with Crippen molar-refractivity contribution in [3.05, 3.63) is 34.9 Å². The van der Waals surface area contributed by atoms with Crippen molar-refractivity contribution in [2.45, 2.75) is 51.2 Å². The lowest BCUT2D eigenvalue weighted by Crippen LogP contribution is -2.44. The molecule has 1 aromatic rings. The molecule has 3 nitrogen and oxygen atoms in total. The molecule has 1 aromatic carbocycles. The van der Waals surface area contributed by atoms with E-state index in [9.17, 15) is 4.79 Å². The maximum absolute atomic E-state index is 12.4. The molecule has 1 saturated carbocycles. The average Bonchev–Trinajstić information content (AvgIpc) is 3.22. The van der Waals surface area contributed by atoms with Gasteiger partial charge in [-0.05, 0) is 37.0 Å². The van der Waals surface area contributed by atoms with E-state index < -0.39 is 0 Å². The Morgan fingerprint density at radius 2 is 2.05 bits per heavy atom. The maximum Gasteiger partial charge on any atom is 0.240 e. The molecule has 1 atom stereocenters. The molecule has 2 rings (SSSR count). The molecule has 0 radical (unpaired) electrons. The fraction of sp³-hybridized carbons (Fsp3) is 0.533. The number of nitrogens with zero attached hydrogens (tertiary/aromatic N) is 1. The number of amides is 1. The Morgan fingerprint density at radius 1 is 1.42 bits per heavy atom. The summed E-state index contributed by atoms with van der Waals surface area (Å²) in [5, 5.41) is 0.718. The highest BCUT2D eigenvalue weighted by molar-refractivity contribution is 6.30. The lowest BCUT2D eigenvalue weighted by Gasteiger charge is -2.25. The van der Waals surface area contributed by atoms with Gasteiger partial charge in [0.25, 0.3) is 0 Å².